The lowest BCUT2D eigenvalue weighted by Gasteiger charge is -2.23. The van der Waals surface area contributed by atoms with Crippen LogP contribution in [0.1, 0.15) is 43.6 Å². The van der Waals surface area contributed by atoms with Gasteiger partial charge in [-0.1, -0.05) is 47.8 Å². The summed E-state index contributed by atoms with van der Waals surface area (Å²) in [6, 6.07) is 14.1. The molecule has 0 fully saturated rings. The van der Waals surface area contributed by atoms with E-state index in [0.29, 0.717) is 46.8 Å². The van der Waals surface area contributed by atoms with Crippen LogP contribution in [0.4, 0.5) is 18.9 Å². The smallest absolute Gasteiger partial charge is 0.325 e. The summed E-state index contributed by atoms with van der Waals surface area (Å²) in [4.78, 5) is 35.8. The maximum atomic E-state index is 13.7. The van der Waals surface area contributed by atoms with Crippen molar-refractivity contribution in [3.05, 3.63) is 105 Å². The molecule has 0 saturated carbocycles. The molecule has 2 bridgehead atoms. The van der Waals surface area contributed by atoms with Gasteiger partial charge in [-0.05, 0) is 60.9 Å². The number of aromatic nitrogens is 6. The number of hydrogen-bond donors (Lipinski definition) is 1. The highest BCUT2D eigenvalue weighted by atomic mass is 35.5. The highest BCUT2D eigenvalue weighted by molar-refractivity contribution is 6.34. The number of hydrogen-bond acceptors (Lipinski definition) is 6. The molecule has 0 spiro atoms. The number of halogens is 5. The van der Waals surface area contributed by atoms with E-state index in [1.807, 2.05) is 13.0 Å². The third kappa shape index (κ3) is 6.20. The van der Waals surface area contributed by atoms with Crippen molar-refractivity contribution in [3.8, 4) is 28.1 Å². The van der Waals surface area contributed by atoms with Crippen molar-refractivity contribution < 1.29 is 18.0 Å². The monoisotopic (exact) mass is 653 g/mol. The average molecular weight is 654 g/mol. The second-order valence-corrected chi connectivity index (χ2v) is 11.5. The molecule has 2 aromatic carbocycles. The molecule has 6 rings (SSSR count). The van der Waals surface area contributed by atoms with E-state index < -0.39 is 23.5 Å². The molecule has 0 saturated heterocycles. The summed E-state index contributed by atoms with van der Waals surface area (Å²) in [5.74, 6) is -0.448. The zero-order valence-corrected chi connectivity index (χ0v) is 25.1. The highest BCUT2D eigenvalue weighted by Crippen LogP contribution is 2.37. The molecule has 1 amide bonds. The summed E-state index contributed by atoms with van der Waals surface area (Å²) in [5, 5.41) is 10.6. The maximum absolute atomic E-state index is 13.7. The molecule has 9 nitrogen and oxygen atoms in total. The number of carbonyl (C=O) groups excluding carboxylic acids is 1. The first kappa shape index (κ1) is 30.5. The van der Waals surface area contributed by atoms with Crippen LogP contribution in [-0.2, 0) is 11.0 Å². The zero-order chi connectivity index (χ0) is 31.9. The van der Waals surface area contributed by atoms with Crippen LogP contribution in [-0.4, -0.2) is 35.4 Å². The predicted molar refractivity (Wildman–Crippen MR) is 163 cm³/mol. The van der Waals surface area contributed by atoms with Crippen LogP contribution in [0.25, 0.3) is 28.1 Å². The molecule has 14 heteroatoms. The van der Waals surface area contributed by atoms with E-state index in [9.17, 15) is 22.8 Å². The van der Waals surface area contributed by atoms with Gasteiger partial charge in [0.1, 0.15) is 0 Å². The van der Waals surface area contributed by atoms with E-state index in [4.69, 9.17) is 23.2 Å². The summed E-state index contributed by atoms with van der Waals surface area (Å²) in [5.41, 5.74) is 1.60. The Balaban J connectivity index is 1.43. The SMILES string of the molecule is C[C@@H]1CCC[C@H](n2cnc(-c3cc(Cl)ccc3-n3cc(C(F)(F)F)nn3)cc2=O)c2cc(ccn2)-c2c(Cl)cccc2NC1=O. The molecule has 4 heterocycles. The van der Waals surface area contributed by atoms with Gasteiger partial charge in [0.25, 0.3) is 5.56 Å². The van der Waals surface area contributed by atoms with E-state index in [2.05, 4.69) is 25.6 Å². The van der Waals surface area contributed by atoms with Crippen LogP contribution >= 0.6 is 23.2 Å². The van der Waals surface area contributed by atoms with Gasteiger partial charge in [-0.3, -0.25) is 19.1 Å². The van der Waals surface area contributed by atoms with E-state index in [-0.39, 0.29) is 33.8 Å². The van der Waals surface area contributed by atoms with E-state index in [1.165, 1.54) is 35.2 Å². The fourth-order valence-corrected chi connectivity index (χ4v) is 5.81. The lowest BCUT2D eigenvalue weighted by Crippen LogP contribution is -2.27. The van der Waals surface area contributed by atoms with E-state index >= 15 is 0 Å². The van der Waals surface area contributed by atoms with E-state index in [0.717, 1.165) is 10.9 Å². The second-order valence-electron chi connectivity index (χ2n) is 10.7. The van der Waals surface area contributed by atoms with Gasteiger partial charge >= 0.3 is 6.18 Å². The van der Waals surface area contributed by atoms with Crippen LogP contribution in [0.15, 0.2) is 78.1 Å². The number of rotatable bonds is 3. The molecule has 1 N–H and O–H groups in total. The van der Waals surface area contributed by atoms with Gasteiger partial charge < -0.3 is 5.32 Å². The lowest BCUT2D eigenvalue weighted by atomic mass is 9.95. The molecule has 45 heavy (non-hydrogen) atoms. The third-order valence-corrected chi connectivity index (χ3v) is 8.23. The Hall–Kier alpha value is -4.55. The van der Waals surface area contributed by atoms with Gasteiger partial charge in [0.05, 0.1) is 46.4 Å². The van der Waals surface area contributed by atoms with Crippen LogP contribution in [0.5, 0.6) is 0 Å². The first-order valence-corrected chi connectivity index (χ1v) is 14.7. The number of nitrogens with one attached hydrogen (secondary N) is 1. The fraction of sp³-hybridized carbons (Fsp3) is 0.226. The van der Waals surface area contributed by atoms with Gasteiger partial charge in [0.2, 0.25) is 5.91 Å². The van der Waals surface area contributed by atoms with Crippen molar-refractivity contribution in [3.63, 3.8) is 0 Å². The van der Waals surface area contributed by atoms with Gasteiger partial charge in [-0.25, -0.2) is 9.67 Å². The molecule has 1 aliphatic rings. The van der Waals surface area contributed by atoms with Crippen molar-refractivity contribution in [1.29, 1.82) is 0 Å². The fourth-order valence-electron chi connectivity index (χ4n) is 5.36. The summed E-state index contributed by atoms with van der Waals surface area (Å²) >= 11 is 12.8. The molecule has 0 aliphatic carbocycles. The Labute approximate surface area is 264 Å². The minimum atomic E-state index is -4.68. The summed E-state index contributed by atoms with van der Waals surface area (Å²) in [7, 11) is 0. The van der Waals surface area contributed by atoms with Crippen molar-refractivity contribution in [1.82, 2.24) is 29.5 Å². The van der Waals surface area contributed by atoms with Crippen molar-refractivity contribution in [2.24, 2.45) is 5.92 Å². The topological polar surface area (TPSA) is 108 Å². The van der Waals surface area contributed by atoms with Crippen LogP contribution in [0, 0.1) is 5.92 Å². The summed E-state index contributed by atoms with van der Waals surface area (Å²) in [6.45, 7) is 1.84. The Morgan fingerprint density at radius 3 is 2.58 bits per heavy atom. The standard InChI is InChI=1S/C31H24Cl2F3N7O2/c1-17-4-2-7-26(24-12-18(10-11-37-24)29-21(33)5-3-6-22(29)39-30(17)45)42-16-38-23(14-28(42)44)20-13-19(32)8-9-25(20)43-15-27(40-41-43)31(34,35)36/h3,5-6,8-17,26H,2,4,7H2,1H3,(H,39,45)/t17-,26+/m1/s1. The molecular formula is C31H24Cl2F3N7O2. The number of carbonyl (C=O) groups is 1. The normalized spacial score (nSPS) is 17.2. The quantitative estimate of drug-likeness (QED) is 0.220. The lowest BCUT2D eigenvalue weighted by molar-refractivity contribution is -0.141. The maximum Gasteiger partial charge on any atom is 0.436 e. The first-order valence-electron chi connectivity index (χ1n) is 13.9. The summed E-state index contributed by atoms with van der Waals surface area (Å²) in [6.07, 6.45) is 0.717. The third-order valence-electron chi connectivity index (χ3n) is 7.68. The minimum Gasteiger partial charge on any atom is -0.325 e. The molecule has 5 aromatic rings. The van der Waals surface area contributed by atoms with Gasteiger partial charge in [-0.2, -0.15) is 13.2 Å². The number of anilines is 1. The second kappa shape index (κ2) is 12.1. The van der Waals surface area contributed by atoms with Gasteiger partial charge in [0.15, 0.2) is 5.69 Å². The molecule has 0 radical (unpaired) electrons. The Kier molecular flexibility index (Phi) is 8.19. The number of amides is 1. The van der Waals surface area contributed by atoms with Gasteiger partial charge in [-0.15, -0.1) is 5.10 Å². The molecule has 230 valence electrons. The Morgan fingerprint density at radius 2 is 1.82 bits per heavy atom. The van der Waals surface area contributed by atoms with Crippen LogP contribution in [0.2, 0.25) is 10.0 Å². The van der Waals surface area contributed by atoms with Crippen LogP contribution < -0.4 is 10.9 Å². The average Bonchev–Trinajstić information content (AvgIpc) is 3.50. The molecular weight excluding hydrogens is 630 g/mol. The number of nitrogens with zero attached hydrogens (tertiary/aromatic N) is 6. The summed E-state index contributed by atoms with van der Waals surface area (Å²) < 4.78 is 42.0. The number of fused-ring (bicyclic) bond motifs is 4. The minimum absolute atomic E-state index is 0.139. The van der Waals surface area contributed by atoms with Crippen molar-refractivity contribution in [2.45, 2.75) is 38.4 Å². The first-order chi connectivity index (χ1) is 21.5. The van der Waals surface area contributed by atoms with Gasteiger partial charge in [0, 0.05) is 34.3 Å². The Morgan fingerprint density at radius 1 is 1.00 bits per heavy atom. The number of pyridine rings is 1. The molecule has 3 aromatic heterocycles. The van der Waals surface area contributed by atoms with Crippen molar-refractivity contribution in [2.75, 3.05) is 5.32 Å². The molecule has 1 aliphatic heterocycles. The van der Waals surface area contributed by atoms with E-state index in [1.54, 1.807) is 30.5 Å². The number of benzene rings is 2. The molecule has 0 unspecified atom stereocenters. The Bertz CT molecular complexity index is 1980. The van der Waals surface area contributed by atoms with Crippen molar-refractivity contribution >= 4 is 34.8 Å². The predicted octanol–water partition coefficient (Wildman–Crippen LogP) is 7.23. The molecule has 2 atom stereocenters. The largest absolute Gasteiger partial charge is 0.436 e. The number of alkyl halides is 3. The zero-order valence-electron chi connectivity index (χ0n) is 23.6. The van der Waals surface area contributed by atoms with Crippen LogP contribution in [0.3, 0.4) is 0 Å². The highest BCUT2D eigenvalue weighted by Gasteiger charge is 2.35.